The number of rotatable bonds is 8. The smallest absolute Gasteiger partial charge is 0.322 e. The minimum atomic E-state index is -3.85. The first-order chi connectivity index (χ1) is 17.2. The van der Waals surface area contributed by atoms with Gasteiger partial charge >= 0.3 is 5.97 Å². The molecule has 1 atom stereocenters. The Kier molecular flexibility index (Phi) is 7.68. The van der Waals surface area contributed by atoms with Crippen molar-refractivity contribution in [3.63, 3.8) is 0 Å². The first-order valence-electron chi connectivity index (χ1n) is 11.4. The number of methoxy groups -OCH3 is 1. The average Bonchev–Trinajstić information content (AvgIpc) is 3.33. The number of nitrogens with one attached hydrogen (secondary N) is 1. The maximum absolute atomic E-state index is 12.5. The molecule has 1 heterocycles. The molecule has 1 aliphatic carbocycles. The molecule has 1 aliphatic rings. The Morgan fingerprint density at radius 3 is 2.75 bits per heavy atom. The Bertz CT molecular complexity index is 1430. The second-order valence-corrected chi connectivity index (χ2v) is 11.4. The van der Waals surface area contributed by atoms with Crippen LogP contribution in [0.4, 0.5) is 5.69 Å². The molecule has 3 aromatic rings. The standard InChI is InChI=1S/C25H26N4O5S2/c1-15(2)34-22-12-11-16(13-21(22)26-3)24-27-28-25(35-24)19-9-5-8-18-17(19)7-6-10-20(18)29-36(31,32)14-23(30)33-4/h5,8-9,11-13,15,20,29H,6-7,10,14H2,1-2,4H3/t20-/m1/s1. The van der Waals surface area contributed by atoms with Gasteiger partial charge in [0.15, 0.2) is 5.75 Å². The van der Waals surface area contributed by atoms with E-state index in [0.717, 1.165) is 42.2 Å². The molecule has 0 aliphatic heterocycles. The van der Waals surface area contributed by atoms with E-state index in [1.807, 2.05) is 38.1 Å². The van der Waals surface area contributed by atoms with Crippen LogP contribution in [-0.2, 0) is 26.0 Å². The molecule has 0 fully saturated rings. The number of ether oxygens (including phenoxy) is 2. The predicted molar refractivity (Wildman–Crippen MR) is 137 cm³/mol. The Balaban J connectivity index is 1.63. The molecule has 0 saturated heterocycles. The zero-order chi connectivity index (χ0) is 25.9. The maximum Gasteiger partial charge on any atom is 0.322 e. The second-order valence-electron chi connectivity index (χ2n) is 8.64. The molecule has 0 unspecified atom stereocenters. The molecule has 0 saturated carbocycles. The number of hydrogen-bond donors (Lipinski definition) is 1. The number of fused-ring (bicyclic) bond motifs is 1. The summed E-state index contributed by atoms with van der Waals surface area (Å²) in [5.74, 6) is -0.993. The van der Waals surface area contributed by atoms with E-state index in [-0.39, 0.29) is 6.10 Å². The summed E-state index contributed by atoms with van der Waals surface area (Å²) in [6.07, 6.45) is 2.15. The average molecular weight is 527 g/mol. The first kappa shape index (κ1) is 25.8. The van der Waals surface area contributed by atoms with Crippen molar-refractivity contribution in [2.24, 2.45) is 0 Å². The quantitative estimate of drug-likeness (QED) is 0.335. The molecule has 0 radical (unpaired) electrons. The van der Waals surface area contributed by atoms with Gasteiger partial charge in [0.2, 0.25) is 15.7 Å². The third-order valence-corrected chi connectivity index (χ3v) is 7.97. The van der Waals surface area contributed by atoms with Crippen molar-refractivity contribution in [1.29, 1.82) is 0 Å². The molecule has 0 amide bonds. The lowest BCUT2D eigenvalue weighted by molar-refractivity contribution is -0.137. The van der Waals surface area contributed by atoms with Gasteiger partial charge in [-0.3, -0.25) is 4.79 Å². The summed E-state index contributed by atoms with van der Waals surface area (Å²) in [4.78, 5) is 15.1. The van der Waals surface area contributed by atoms with Crippen LogP contribution in [0.5, 0.6) is 5.75 Å². The molecule has 0 spiro atoms. The van der Waals surface area contributed by atoms with Crippen LogP contribution in [0, 0.1) is 6.57 Å². The van der Waals surface area contributed by atoms with E-state index in [4.69, 9.17) is 11.3 Å². The monoisotopic (exact) mass is 526 g/mol. The van der Waals surface area contributed by atoms with E-state index in [1.165, 1.54) is 11.3 Å². The van der Waals surface area contributed by atoms with Crippen LogP contribution in [0.3, 0.4) is 0 Å². The van der Waals surface area contributed by atoms with Crippen LogP contribution in [0.1, 0.15) is 43.9 Å². The van der Waals surface area contributed by atoms with Crippen molar-refractivity contribution in [1.82, 2.24) is 14.9 Å². The molecule has 0 bridgehead atoms. The summed E-state index contributed by atoms with van der Waals surface area (Å²) in [6, 6.07) is 10.7. The zero-order valence-corrected chi connectivity index (χ0v) is 21.8. The van der Waals surface area contributed by atoms with Gasteiger partial charge in [-0.25, -0.2) is 18.0 Å². The van der Waals surface area contributed by atoms with Gasteiger partial charge in [0.05, 0.1) is 19.8 Å². The van der Waals surface area contributed by atoms with Crippen molar-refractivity contribution in [2.75, 3.05) is 12.9 Å². The Morgan fingerprint density at radius 1 is 1.25 bits per heavy atom. The van der Waals surface area contributed by atoms with Gasteiger partial charge in [0, 0.05) is 17.2 Å². The highest BCUT2D eigenvalue weighted by Crippen LogP contribution is 2.40. The zero-order valence-electron chi connectivity index (χ0n) is 20.1. The van der Waals surface area contributed by atoms with Crippen molar-refractivity contribution < 1.29 is 22.7 Å². The van der Waals surface area contributed by atoms with E-state index < -0.39 is 27.8 Å². The SMILES string of the molecule is [C-]#[N+]c1cc(-c2nnc(-c3cccc4c3CCC[C@H]4NS(=O)(=O)CC(=O)OC)s2)ccc1OC(C)C. The summed E-state index contributed by atoms with van der Waals surface area (Å²) >= 11 is 1.41. The van der Waals surface area contributed by atoms with E-state index in [0.29, 0.717) is 27.9 Å². The van der Waals surface area contributed by atoms with Crippen molar-refractivity contribution in [2.45, 2.75) is 45.3 Å². The number of hydrogen-bond acceptors (Lipinski definition) is 8. The Labute approximate surface area is 214 Å². The van der Waals surface area contributed by atoms with Crippen LogP contribution in [0.2, 0.25) is 0 Å². The number of carbonyl (C=O) groups excluding carboxylic acids is 1. The van der Waals surface area contributed by atoms with Gasteiger partial charge in [-0.15, -0.1) is 10.2 Å². The van der Waals surface area contributed by atoms with Gasteiger partial charge in [-0.05, 0) is 56.4 Å². The fourth-order valence-corrected chi connectivity index (χ4v) is 6.27. The highest BCUT2D eigenvalue weighted by Gasteiger charge is 2.28. The molecule has 2 aromatic carbocycles. The Morgan fingerprint density at radius 2 is 2.03 bits per heavy atom. The lowest BCUT2D eigenvalue weighted by atomic mass is 9.85. The van der Waals surface area contributed by atoms with Crippen LogP contribution in [0.25, 0.3) is 26.0 Å². The molecular formula is C25H26N4O5S2. The number of aromatic nitrogens is 2. The molecule has 36 heavy (non-hydrogen) atoms. The summed E-state index contributed by atoms with van der Waals surface area (Å²) in [5.41, 5.74) is 3.98. The highest BCUT2D eigenvalue weighted by molar-refractivity contribution is 7.90. The minimum Gasteiger partial charge on any atom is -0.502 e. The van der Waals surface area contributed by atoms with Gasteiger partial charge in [-0.2, -0.15) is 0 Å². The second kappa shape index (κ2) is 10.7. The van der Waals surface area contributed by atoms with Gasteiger partial charge in [0.1, 0.15) is 15.8 Å². The molecule has 188 valence electrons. The van der Waals surface area contributed by atoms with Crippen LogP contribution in [0.15, 0.2) is 36.4 Å². The van der Waals surface area contributed by atoms with Gasteiger partial charge in [0.25, 0.3) is 0 Å². The van der Waals surface area contributed by atoms with Crippen LogP contribution >= 0.6 is 11.3 Å². The van der Waals surface area contributed by atoms with E-state index in [1.54, 1.807) is 12.1 Å². The van der Waals surface area contributed by atoms with E-state index >= 15 is 0 Å². The lowest BCUT2D eigenvalue weighted by Crippen LogP contribution is -2.35. The molecule has 1 N–H and O–H groups in total. The van der Waals surface area contributed by atoms with Gasteiger partial charge in [-0.1, -0.05) is 35.6 Å². The van der Waals surface area contributed by atoms with Crippen molar-refractivity contribution >= 4 is 33.0 Å². The fourth-order valence-electron chi connectivity index (χ4n) is 4.18. The normalized spacial score (nSPS) is 15.2. The summed E-state index contributed by atoms with van der Waals surface area (Å²) in [7, 11) is -2.69. The highest BCUT2D eigenvalue weighted by atomic mass is 32.2. The summed E-state index contributed by atoms with van der Waals surface area (Å²) in [6.45, 7) is 11.3. The molecule has 11 heteroatoms. The third-order valence-electron chi connectivity index (χ3n) is 5.71. The Hall–Kier alpha value is -3.33. The number of carbonyl (C=O) groups is 1. The topological polar surface area (TPSA) is 112 Å². The minimum absolute atomic E-state index is 0.0393. The lowest BCUT2D eigenvalue weighted by Gasteiger charge is -2.27. The number of sulfonamides is 1. The van der Waals surface area contributed by atoms with Gasteiger partial charge < -0.3 is 9.47 Å². The number of esters is 1. The predicted octanol–water partition coefficient (Wildman–Crippen LogP) is 4.68. The fraction of sp³-hybridized carbons (Fsp3) is 0.360. The van der Waals surface area contributed by atoms with Crippen molar-refractivity contribution in [3.8, 4) is 26.9 Å². The molecule has 1 aromatic heterocycles. The largest absolute Gasteiger partial charge is 0.502 e. The summed E-state index contributed by atoms with van der Waals surface area (Å²) < 4.78 is 37.8. The van der Waals surface area contributed by atoms with Crippen LogP contribution < -0.4 is 9.46 Å². The third kappa shape index (κ3) is 5.73. The van der Waals surface area contributed by atoms with E-state index in [9.17, 15) is 13.2 Å². The maximum atomic E-state index is 12.5. The molecule has 9 nitrogen and oxygen atoms in total. The molecular weight excluding hydrogens is 500 g/mol. The first-order valence-corrected chi connectivity index (χ1v) is 13.9. The summed E-state index contributed by atoms with van der Waals surface area (Å²) in [5, 5.41) is 10.2. The van der Waals surface area contributed by atoms with Crippen LogP contribution in [-0.4, -0.2) is 43.6 Å². The molecule has 4 rings (SSSR count). The number of nitrogens with zero attached hydrogens (tertiary/aromatic N) is 3. The van der Waals surface area contributed by atoms with E-state index in [2.05, 4.69) is 24.5 Å². The van der Waals surface area contributed by atoms with Crippen molar-refractivity contribution in [3.05, 3.63) is 58.9 Å². The number of benzene rings is 2.